The van der Waals surface area contributed by atoms with Crippen LogP contribution in [0.2, 0.25) is 0 Å². The Morgan fingerprint density at radius 1 is 1.56 bits per heavy atom. The van der Waals surface area contributed by atoms with Crippen LogP contribution in [0.5, 0.6) is 11.5 Å². The molecule has 1 heterocycles. The first kappa shape index (κ1) is 11.3. The van der Waals surface area contributed by atoms with E-state index in [0.717, 1.165) is 30.9 Å². The maximum atomic E-state index is 5.86. The van der Waals surface area contributed by atoms with Crippen LogP contribution in [-0.4, -0.2) is 19.8 Å². The van der Waals surface area contributed by atoms with Crippen LogP contribution in [0.1, 0.15) is 23.6 Å². The maximum Gasteiger partial charge on any atom is 0.129 e. The fourth-order valence-corrected chi connectivity index (χ4v) is 2.36. The maximum absolute atomic E-state index is 5.86. The Kier molecular flexibility index (Phi) is 3.06. The van der Waals surface area contributed by atoms with Gasteiger partial charge >= 0.3 is 0 Å². The number of methoxy groups -OCH3 is 1. The number of ether oxygens (including phenoxy) is 2. The molecule has 16 heavy (non-hydrogen) atoms. The first-order valence-corrected chi connectivity index (χ1v) is 5.71. The molecular weight excluding hydrogens is 202 g/mol. The van der Waals surface area contributed by atoms with Crippen LogP contribution >= 0.6 is 0 Å². The Bertz CT molecular complexity index is 399. The summed E-state index contributed by atoms with van der Waals surface area (Å²) >= 11 is 0. The van der Waals surface area contributed by atoms with Gasteiger partial charge in [-0.2, -0.15) is 0 Å². The largest absolute Gasteiger partial charge is 0.496 e. The van der Waals surface area contributed by atoms with E-state index in [1.54, 1.807) is 7.11 Å². The Hall–Kier alpha value is -1.22. The summed E-state index contributed by atoms with van der Waals surface area (Å²) in [6.45, 7) is 4.85. The lowest BCUT2D eigenvalue weighted by Crippen LogP contribution is -2.18. The molecule has 3 nitrogen and oxygen atoms in total. The summed E-state index contributed by atoms with van der Waals surface area (Å²) in [4.78, 5) is 0. The third kappa shape index (κ3) is 1.87. The van der Waals surface area contributed by atoms with Crippen molar-refractivity contribution in [3.8, 4) is 11.5 Å². The van der Waals surface area contributed by atoms with Crippen molar-refractivity contribution in [2.24, 2.45) is 5.73 Å². The van der Waals surface area contributed by atoms with E-state index >= 15 is 0 Å². The van der Waals surface area contributed by atoms with Gasteiger partial charge in [0, 0.05) is 18.0 Å². The summed E-state index contributed by atoms with van der Waals surface area (Å²) in [7, 11) is 1.72. The zero-order valence-corrected chi connectivity index (χ0v) is 10.2. The molecule has 1 atom stereocenters. The SMILES string of the molecule is COc1c(CC(C)N)cc(C)c2c1CCO2. The lowest BCUT2D eigenvalue weighted by Gasteiger charge is -2.15. The van der Waals surface area contributed by atoms with Crippen molar-refractivity contribution in [1.29, 1.82) is 0 Å². The van der Waals surface area contributed by atoms with Gasteiger partial charge in [-0.1, -0.05) is 0 Å². The van der Waals surface area contributed by atoms with Gasteiger partial charge in [0.15, 0.2) is 0 Å². The molecule has 0 aliphatic carbocycles. The number of benzene rings is 1. The molecule has 0 aromatic heterocycles. The van der Waals surface area contributed by atoms with Crippen molar-refractivity contribution >= 4 is 0 Å². The van der Waals surface area contributed by atoms with Crippen molar-refractivity contribution in [1.82, 2.24) is 0 Å². The molecule has 1 aromatic rings. The van der Waals surface area contributed by atoms with Crippen LogP contribution < -0.4 is 15.2 Å². The zero-order valence-electron chi connectivity index (χ0n) is 10.2. The molecule has 1 aromatic carbocycles. The molecule has 2 rings (SSSR count). The lowest BCUT2D eigenvalue weighted by molar-refractivity contribution is 0.354. The van der Waals surface area contributed by atoms with E-state index in [4.69, 9.17) is 15.2 Å². The van der Waals surface area contributed by atoms with Crippen molar-refractivity contribution in [3.05, 3.63) is 22.8 Å². The van der Waals surface area contributed by atoms with Crippen LogP contribution in [0, 0.1) is 6.92 Å². The Balaban J connectivity index is 2.49. The van der Waals surface area contributed by atoms with Crippen LogP contribution in [0.25, 0.3) is 0 Å². The summed E-state index contributed by atoms with van der Waals surface area (Å²) < 4.78 is 11.1. The third-order valence-corrected chi connectivity index (χ3v) is 2.93. The van der Waals surface area contributed by atoms with Crippen molar-refractivity contribution in [2.45, 2.75) is 32.7 Å². The van der Waals surface area contributed by atoms with Crippen LogP contribution in [0.3, 0.4) is 0 Å². The van der Waals surface area contributed by atoms with Gasteiger partial charge < -0.3 is 15.2 Å². The highest BCUT2D eigenvalue weighted by atomic mass is 16.5. The predicted octanol–water partition coefficient (Wildman–Crippen LogP) is 1.83. The Morgan fingerprint density at radius 2 is 2.31 bits per heavy atom. The van der Waals surface area contributed by atoms with E-state index in [2.05, 4.69) is 13.0 Å². The van der Waals surface area contributed by atoms with Crippen molar-refractivity contribution < 1.29 is 9.47 Å². The predicted molar refractivity (Wildman–Crippen MR) is 64.3 cm³/mol. The van der Waals surface area contributed by atoms with E-state index < -0.39 is 0 Å². The minimum absolute atomic E-state index is 0.147. The lowest BCUT2D eigenvalue weighted by atomic mass is 9.98. The zero-order chi connectivity index (χ0) is 11.7. The molecule has 1 unspecified atom stereocenters. The molecule has 1 aliphatic rings. The Labute approximate surface area is 96.5 Å². The molecule has 0 saturated carbocycles. The van der Waals surface area contributed by atoms with E-state index in [9.17, 15) is 0 Å². The molecular formula is C13H19NO2. The topological polar surface area (TPSA) is 44.5 Å². The van der Waals surface area contributed by atoms with E-state index in [0.29, 0.717) is 0 Å². The molecule has 3 heteroatoms. The molecule has 0 radical (unpaired) electrons. The molecule has 0 saturated heterocycles. The minimum atomic E-state index is 0.147. The van der Waals surface area contributed by atoms with E-state index in [1.807, 2.05) is 6.92 Å². The first-order valence-electron chi connectivity index (χ1n) is 5.71. The highest BCUT2D eigenvalue weighted by Crippen LogP contribution is 2.39. The third-order valence-electron chi connectivity index (χ3n) is 2.93. The van der Waals surface area contributed by atoms with Gasteiger partial charge in [-0.15, -0.1) is 0 Å². The van der Waals surface area contributed by atoms with Crippen LogP contribution in [-0.2, 0) is 12.8 Å². The normalized spacial score (nSPS) is 15.5. The monoisotopic (exact) mass is 221 g/mol. The average molecular weight is 221 g/mol. The van der Waals surface area contributed by atoms with Crippen molar-refractivity contribution in [2.75, 3.05) is 13.7 Å². The van der Waals surface area contributed by atoms with Crippen molar-refractivity contribution in [3.63, 3.8) is 0 Å². The van der Waals surface area contributed by atoms with Gasteiger partial charge in [0.05, 0.1) is 13.7 Å². The second kappa shape index (κ2) is 4.34. The molecule has 2 N–H and O–H groups in total. The van der Waals surface area contributed by atoms with Gasteiger partial charge in [-0.3, -0.25) is 0 Å². The number of hydrogen-bond donors (Lipinski definition) is 1. The van der Waals surface area contributed by atoms with Gasteiger partial charge in [0.2, 0.25) is 0 Å². The second-order valence-electron chi connectivity index (χ2n) is 4.47. The molecule has 1 aliphatic heterocycles. The second-order valence-corrected chi connectivity index (χ2v) is 4.47. The van der Waals surface area contributed by atoms with Gasteiger partial charge in [-0.25, -0.2) is 0 Å². The first-order chi connectivity index (χ1) is 7.63. The summed E-state index contributed by atoms with van der Waals surface area (Å²) in [6, 6.07) is 2.28. The number of nitrogens with two attached hydrogens (primary N) is 1. The summed E-state index contributed by atoms with van der Waals surface area (Å²) in [5.74, 6) is 1.97. The summed E-state index contributed by atoms with van der Waals surface area (Å²) in [5, 5.41) is 0. The fraction of sp³-hybridized carbons (Fsp3) is 0.538. The molecule has 0 fully saturated rings. The smallest absolute Gasteiger partial charge is 0.129 e. The Morgan fingerprint density at radius 3 is 2.94 bits per heavy atom. The molecule has 0 amide bonds. The van der Waals surface area contributed by atoms with Crippen LogP contribution in [0.4, 0.5) is 0 Å². The highest BCUT2D eigenvalue weighted by molar-refractivity contribution is 5.56. The number of fused-ring (bicyclic) bond motifs is 1. The average Bonchev–Trinajstić information content (AvgIpc) is 2.66. The van der Waals surface area contributed by atoms with Gasteiger partial charge in [0.1, 0.15) is 11.5 Å². The quantitative estimate of drug-likeness (QED) is 0.847. The summed E-state index contributed by atoms with van der Waals surface area (Å²) in [5.41, 5.74) is 9.44. The molecule has 88 valence electrons. The molecule has 0 spiro atoms. The number of rotatable bonds is 3. The van der Waals surface area contributed by atoms with E-state index in [1.165, 1.54) is 16.7 Å². The fourth-order valence-electron chi connectivity index (χ4n) is 2.36. The van der Waals surface area contributed by atoms with E-state index in [-0.39, 0.29) is 6.04 Å². The number of aryl methyl sites for hydroxylation is 1. The highest BCUT2D eigenvalue weighted by Gasteiger charge is 2.22. The standard InChI is InChI=1S/C13H19NO2/c1-8-6-10(7-9(2)14)13(15-3)11-4-5-16-12(8)11/h6,9H,4-5,7,14H2,1-3H3. The van der Waals surface area contributed by atoms with Crippen LogP contribution in [0.15, 0.2) is 6.07 Å². The summed E-state index contributed by atoms with van der Waals surface area (Å²) in [6.07, 6.45) is 1.78. The molecule has 0 bridgehead atoms. The van der Waals surface area contributed by atoms with Gasteiger partial charge in [0.25, 0.3) is 0 Å². The minimum Gasteiger partial charge on any atom is -0.496 e. The van der Waals surface area contributed by atoms with Gasteiger partial charge in [-0.05, 0) is 37.5 Å². The number of hydrogen-bond acceptors (Lipinski definition) is 3.